The fourth-order valence-corrected chi connectivity index (χ4v) is 1.68. The molecule has 0 amide bonds. The van der Waals surface area contributed by atoms with Crippen LogP contribution < -0.4 is 10.5 Å². The minimum absolute atomic E-state index is 0.0787. The fraction of sp³-hybridized carbons (Fsp3) is 0.308. The number of hydrogen-bond donors (Lipinski definition) is 2. The molecule has 0 fully saturated rings. The maximum Gasteiger partial charge on any atom is 0.419 e. The maximum atomic E-state index is 12.4. The van der Waals surface area contributed by atoms with E-state index in [2.05, 4.69) is 5.10 Å². The summed E-state index contributed by atoms with van der Waals surface area (Å²) < 4.78 is 43.5. The number of aromatic nitrogens is 2. The van der Waals surface area contributed by atoms with Gasteiger partial charge in [-0.2, -0.15) is 18.3 Å². The molecule has 0 spiro atoms. The first-order valence-electron chi connectivity index (χ1n) is 6.10. The molecule has 0 bridgehead atoms. The molecule has 0 radical (unpaired) electrons. The smallest absolute Gasteiger partial charge is 0.419 e. The number of nitrogens with zero attached hydrogens (tertiary/aromatic N) is 2. The van der Waals surface area contributed by atoms with Gasteiger partial charge in [0, 0.05) is 18.0 Å². The van der Waals surface area contributed by atoms with E-state index in [1.165, 1.54) is 0 Å². The summed E-state index contributed by atoms with van der Waals surface area (Å²) in [5.41, 5.74) is 5.23. The van der Waals surface area contributed by atoms with Gasteiger partial charge in [0.25, 0.3) is 0 Å². The largest absolute Gasteiger partial charge is 0.491 e. The molecular formula is C13H14F3N3O2. The normalized spacial score (nSPS) is 13.1. The Labute approximate surface area is 118 Å². The minimum atomic E-state index is -4.44. The summed E-state index contributed by atoms with van der Waals surface area (Å²) in [6, 6.07) is 6.63. The first-order valence-corrected chi connectivity index (χ1v) is 6.10. The van der Waals surface area contributed by atoms with Crippen LogP contribution in [0.4, 0.5) is 18.9 Å². The molecule has 1 aromatic carbocycles. The Kier molecular flexibility index (Phi) is 4.37. The van der Waals surface area contributed by atoms with Crippen molar-refractivity contribution in [3.05, 3.63) is 42.2 Å². The van der Waals surface area contributed by atoms with Crippen molar-refractivity contribution in [2.75, 3.05) is 12.3 Å². The Morgan fingerprint density at radius 3 is 2.76 bits per heavy atom. The third-order valence-electron chi connectivity index (χ3n) is 2.66. The molecule has 1 heterocycles. The molecule has 5 nitrogen and oxygen atoms in total. The Hall–Kier alpha value is -2.22. The average molecular weight is 301 g/mol. The summed E-state index contributed by atoms with van der Waals surface area (Å²) in [6.45, 7) is -0.178. The molecule has 0 aliphatic rings. The van der Waals surface area contributed by atoms with Crippen LogP contribution in [0.5, 0.6) is 5.75 Å². The Bertz CT molecular complexity index is 598. The summed E-state index contributed by atoms with van der Waals surface area (Å²) in [5.74, 6) is 0.477. The second-order valence-corrected chi connectivity index (χ2v) is 4.49. The monoisotopic (exact) mass is 301 g/mol. The summed E-state index contributed by atoms with van der Waals surface area (Å²) in [4.78, 5) is 0. The lowest BCUT2D eigenvalue weighted by molar-refractivity contribution is -0.137. The van der Waals surface area contributed by atoms with E-state index in [1.54, 1.807) is 24.3 Å². The van der Waals surface area contributed by atoms with Gasteiger partial charge in [-0.1, -0.05) is 6.07 Å². The predicted octanol–water partition coefficient (Wildman–Crippen LogP) is 1.92. The number of ether oxygens (including phenoxy) is 1. The maximum absolute atomic E-state index is 12.4. The highest BCUT2D eigenvalue weighted by molar-refractivity contribution is 5.43. The molecular weight excluding hydrogens is 287 g/mol. The standard InChI is InChI=1S/C13H14F3N3O2/c14-13(15,16)9-5-18-19(6-9)7-11(20)8-21-12-3-1-2-10(17)4-12/h1-6,11,20H,7-8,17H2. The van der Waals surface area contributed by atoms with Gasteiger partial charge < -0.3 is 15.6 Å². The van der Waals surface area contributed by atoms with Crippen LogP contribution in [-0.4, -0.2) is 27.6 Å². The second kappa shape index (κ2) is 6.04. The van der Waals surface area contributed by atoms with Gasteiger partial charge in [-0.05, 0) is 12.1 Å². The molecule has 0 saturated carbocycles. The lowest BCUT2D eigenvalue weighted by Gasteiger charge is -2.12. The van der Waals surface area contributed by atoms with Crippen molar-refractivity contribution < 1.29 is 23.0 Å². The molecule has 2 rings (SSSR count). The molecule has 3 N–H and O–H groups in total. The molecule has 114 valence electrons. The fourth-order valence-electron chi connectivity index (χ4n) is 1.68. The Morgan fingerprint density at radius 2 is 2.14 bits per heavy atom. The number of alkyl halides is 3. The van der Waals surface area contributed by atoms with Crippen molar-refractivity contribution >= 4 is 5.69 Å². The molecule has 0 aliphatic carbocycles. The van der Waals surface area contributed by atoms with E-state index in [9.17, 15) is 18.3 Å². The first-order chi connectivity index (χ1) is 9.84. The van der Waals surface area contributed by atoms with E-state index >= 15 is 0 Å². The van der Waals surface area contributed by atoms with Crippen molar-refractivity contribution in [2.24, 2.45) is 0 Å². The van der Waals surface area contributed by atoms with E-state index < -0.39 is 17.8 Å². The van der Waals surface area contributed by atoms with Crippen LogP contribution in [0.3, 0.4) is 0 Å². The second-order valence-electron chi connectivity index (χ2n) is 4.49. The van der Waals surface area contributed by atoms with Gasteiger partial charge in [0.05, 0.1) is 18.3 Å². The third kappa shape index (κ3) is 4.38. The van der Waals surface area contributed by atoms with Crippen LogP contribution >= 0.6 is 0 Å². The van der Waals surface area contributed by atoms with Crippen LogP contribution in [-0.2, 0) is 12.7 Å². The molecule has 2 aromatic rings. The number of benzene rings is 1. The molecule has 1 atom stereocenters. The van der Waals surface area contributed by atoms with Crippen molar-refractivity contribution in [3.8, 4) is 5.75 Å². The number of nitrogens with two attached hydrogens (primary N) is 1. The van der Waals surface area contributed by atoms with Gasteiger partial charge in [0.15, 0.2) is 0 Å². The highest BCUT2D eigenvalue weighted by Gasteiger charge is 2.32. The van der Waals surface area contributed by atoms with Gasteiger partial charge in [-0.3, -0.25) is 4.68 Å². The SMILES string of the molecule is Nc1cccc(OCC(O)Cn2cc(C(F)(F)F)cn2)c1. The molecule has 1 unspecified atom stereocenters. The molecule has 21 heavy (non-hydrogen) atoms. The third-order valence-corrected chi connectivity index (χ3v) is 2.66. The van der Waals surface area contributed by atoms with Crippen molar-refractivity contribution in [1.82, 2.24) is 9.78 Å². The van der Waals surface area contributed by atoms with Gasteiger partial charge >= 0.3 is 6.18 Å². The molecule has 0 saturated heterocycles. The lowest BCUT2D eigenvalue weighted by atomic mass is 10.3. The zero-order chi connectivity index (χ0) is 15.5. The summed E-state index contributed by atoms with van der Waals surface area (Å²) >= 11 is 0. The number of rotatable bonds is 5. The highest BCUT2D eigenvalue weighted by Crippen LogP contribution is 2.28. The van der Waals surface area contributed by atoms with Crippen molar-refractivity contribution in [1.29, 1.82) is 0 Å². The van der Waals surface area contributed by atoms with Crippen LogP contribution in [0.15, 0.2) is 36.7 Å². The predicted molar refractivity (Wildman–Crippen MR) is 69.6 cm³/mol. The Morgan fingerprint density at radius 1 is 1.38 bits per heavy atom. The van der Waals surface area contributed by atoms with E-state index in [1.807, 2.05) is 0 Å². The van der Waals surface area contributed by atoms with Crippen molar-refractivity contribution in [2.45, 2.75) is 18.8 Å². The number of anilines is 1. The van der Waals surface area contributed by atoms with E-state index in [0.717, 1.165) is 10.9 Å². The summed E-state index contributed by atoms with van der Waals surface area (Å²) in [7, 11) is 0. The molecule has 0 aliphatic heterocycles. The van der Waals surface area contributed by atoms with Gasteiger partial charge in [0.1, 0.15) is 18.5 Å². The zero-order valence-electron chi connectivity index (χ0n) is 10.9. The van der Waals surface area contributed by atoms with Crippen molar-refractivity contribution in [3.63, 3.8) is 0 Å². The summed E-state index contributed by atoms with van der Waals surface area (Å²) in [6.07, 6.45) is -3.89. The zero-order valence-corrected chi connectivity index (χ0v) is 10.9. The van der Waals surface area contributed by atoms with Crippen LogP contribution in [0.2, 0.25) is 0 Å². The minimum Gasteiger partial charge on any atom is -0.491 e. The number of aliphatic hydroxyl groups is 1. The quantitative estimate of drug-likeness (QED) is 0.828. The topological polar surface area (TPSA) is 73.3 Å². The molecule has 1 aromatic heterocycles. The lowest BCUT2D eigenvalue weighted by Crippen LogP contribution is -2.23. The van der Waals surface area contributed by atoms with Gasteiger partial charge in [-0.25, -0.2) is 0 Å². The van der Waals surface area contributed by atoms with E-state index in [4.69, 9.17) is 10.5 Å². The van der Waals surface area contributed by atoms with Crippen LogP contribution in [0.1, 0.15) is 5.56 Å². The molecule has 8 heteroatoms. The number of nitrogen functional groups attached to an aromatic ring is 1. The average Bonchev–Trinajstić information content (AvgIpc) is 2.85. The van der Waals surface area contributed by atoms with Crippen LogP contribution in [0, 0.1) is 0 Å². The van der Waals surface area contributed by atoms with Crippen LogP contribution in [0.25, 0.3) is 0 Å². The van der Waals surface area contributed by atoms with Gasteiger partial charge in [-0.15, -0.1) is 0 Å². The Balaban J connectivity index is 1.87. The first kappa shape index (κ1) is 15.2. The number of halogens is 3. The highest BCUT2D eigenvalue weighted by atomic mass is 19.4. The van der Waals surface area contributed by atoms with Gasteiger partial charge in [0.2, 0.25) is 0 Å². The summed E-state index contributed by atoms with van der Waals surface area (Å²) in [5, 5.41) is 13.3. The van der Waals surface area contributed by atoms with E-state index in [0.29, 0.717) is 17.6 Å². The van der Waals surface area contributed by atoms with E-state index in [-0.39, 0.29) is 13.2 Å². The number of hydrogen-bond acceptors (Lipinski definition) is 4. The number of aliphatic hydroxyl groups excluding tert-OH is 1.